The molecule has 2 N–H and O–H groups in total. The summed E-state index contributed by atoms with van der Waals surface area (Å²) in [4.78, 5) is 1.37. The second kappa shape index (κ2) is 8.02. The van der Waals surface area contributed by atoms with Gasteiger partial charge in [0.25, 0.3) is 0 Å². The number of nitrogens with one attached hydrogen (secondary N) is 1. The molecule has 0 atom stereocenters. The Morgan fingerprint density at radius 3 is 2.71 bits per heavy atom. The van der Waals surface area contributed by atoms with Crippen LogP contribution in [-0.4, -0.2) is 25.4 Å². The van der Waals surface area contributed by atoms with Crippen LogP contribution in [0.25, 0.3) is 0 Å². The Morgan fingerprint density at radius 2 is 2.05 bits per heavy atom. The number of thiophene rings is 1. The minimum Gasteiger partial charge on any atom is -0.493 e. The van der Waals surface area contributed by atoms with Gasteiger partial charge in [0.15, 0.2) is 11.5 Å². The minimum absolute atomic E-state index is 0.00732. The van der Waals surface area contributed by atoms with Crippen LogP contribution in [0.4, 0.5) is 0 Å². The van der Waals surface area contributed by atoms with Gasteiger partial charge in [0.05, 0.1) is 13.7 Å². The van der Waals surface area contributed by atoms with Gasteiger partial charge in [-0.2, -0.15) is 0 Å². The first-order valence-electron chi connectivity index (χ1n) is 6.89. The molecule has 4 nitrogen and oxygen atoms in total. The third-order valence-corrected chi connectivity index (χ3v) is 4.18. The smallest absolute Gasteiger partial charge is 0.161 e. The van der Waals surface area contributed by atoms with Crippen molar-refractivity contribution < 1.29 is 14.6 Å². The Hall–Kier alpha value is -1.56. The van der Waals surface area contributed by atoms with E-state index in [4.69, 9.17) is 14.6 Å². The third kappa shape index (κ3) is 4.46. The SMILES string of the molecule is COc1cc(CNCc2sccc2C)ccc1OCCO. The van der Waals surface area contributed by atoms with E-state index in [9.17, 15) is 0 Å². The van der Waals surface area contributed by atoms with E-state index in [-0.39, 0.29) is 13.2 Å². The van der Waals surface area contributed by atoms with Crippen molar-refractivity contribution in [2.24, 2.45) is 0 Å². The standard InChI is InChI=1S/C16H21NO3S/c1-12-5-8-21-16(12)11-17-10-13-3-4-14(20-7-6-18)15(9-13)19-2/h3-5,8-9,17-18H,6-7,10-11H2,1-2H3. The topological polar surface area (TPSA) is 50.7 Å². The quantitative estimate of drug-likeness (QED) is 0.787. The monoisotopic (exact) mass is 307 g/mol. The molecule has 0 fully saturated rings. The number of hydrogen-bond acceptors (Lipinski definition) is 5. The van der Waals surface area contributed by atoms with Gasteiger partial charge < -0.3 is 19.9 Å². The van der Waals surface area contributed by atoms with Crippen LogP contribution in [0, 0.1) is 6.92 Å². The highest BCUT2D eigenvalue weighted by Crippen LogP contribution is 2.28. The van der Waals surface area contributed by atoms with Crippen LogP contribution < -0.4 is 14.8 Å². The number of rotatable bonds is 8. The molecular formula is C16H21NO3S. The summed E-state index contributed by atoms with van der Waals surface area (Å²) in [5, 5.41) is 14.3. The number of hydrogen-bond donors (Lipinski definition) is 2. The molecule has 21 heavy (non-hydrogen) atoms. The Morgan fingerprint density at radius 1 is 1.19 bits per heavy atom. The van der Waals surface area contributed by atoms with Gasteiger partial charge in [0.2, 0.25) is 0 Å². The average Bonchev–Trinajstić information content (AvgIpc) is 2.91. The summed E-state index contributed by atoms with van der Waals surface area (Å²) in [6.07, 6.45) is 0. The van der Waals surface area contributed by atoms with Crippen LogP contribution in [0.3, 0.4) is 0 Å². The van der Waals surface area contributed by atoms with Crippen molar-refractivity contribution in [3.05, 3.63) is 45.6 Å². The molecule has 0 aliphatic heterocycles. The van der Waals surface area contributed by atoms with Gasteiger partial charge in [-0.05, 0) is 41.6 Å². The van der Waals surface area contributed by atoms with E-state index in [0.717, 1.165) is 18.7 Å². The van der Waals surface area contributed by atoms with Gasteiger partial charge >= 0.3 is 0 Å². The Balaban J connectivity index is 1.92. The number of methoxy groups -OCH3 is 1. The highest BCUT2D eigenvalue weighted by atomic mass is 32.1. The first-order chi connectivity index (χ1) is 10.2. The van der Waals surface area contributed by atoms with E-state index in [0.29, 0.717) is 11.5 Å². The molecule has 1 aromatic carbocycles. The largest absolute Gasteiger partial charge is 0.493 e. The second-order valence-corrected chi connectivity index (χ2v) is 5.69. The number of aryl methyl sites for hydroxylation is 1. The van der Waals surface area contributed by atoms with E-state index in [1.807, 2.05) is 18.2 Å². The molecule has 0 saturated carbocycles. The van der Waals surface area contributed by atoms with E-state index in [1.165, 1.54) is 10.4 Å². The van der Waals surface area contributed by atoms with Crippen LogP contribution in [0.5, 0.6) is 11.5 Å². The minimum atomic E-state index is -0.00732. The Kier molecular flexibility index (Phi) is 6.04. The maximum absolute atomic E-state index is 8.80. The lowest BCUT2D eigenvalue weighted by molar-refractivity contribution is 0.196. The van der Waals surface area contributed by atoms with Crippen LogP contribution in [-0.2, 0) is 13.1 Å². The van der Waals surface area contributed by atoms with Gasteiger partial charge in [0, 0.05) is 18.0 Å². The van der Waals surface area contributed by atoms with E-state index < -0.39 is 0 Å². The maximum Gasteiger partial charge on any atom is 0.161 e. The predicted octanol–water partition coefficient (Wildman–Crippen LogP) is 2.73. The van der Waals surface area contributed by atoms with Gasteiger partial charge in [-0.1, -0.05) is 6.07 Å². The van der Waals surface area contributed by atoms with Crippen molar-refractivity contribution in [2.45, 2.75) is 20.0 Å². The summed E-state index contributed by atoms with van der Waals surface area (Å²) >= 11 is 1.77. The first-order valence-corrected chi connectivity index (χ1v) is 7.77. The number of aliphatic hydroxyl groups is 1. The fraction of sp³-hybridized carbons (Fsp3) is 0.375. The van der Waals surface area contributed by atoms with Crippen molar-refractivity contribution in [1.82, 2.24) is 5.32 Å². The Bertz CT molecular complexity index is 568. The molecule has 0 bridgehead atoms. The Labute approximate surface area is 129 Å². The zero-order valence-corrected chi connectivity index (χ0v) is 13.2. The van der Waals surface area contributed by atoms with Crippen molar-refractivity contribution in [3.8, 4) is 11.5 Å². The average molecular weight is 307 g/mol. The highest BCUT2D eigenvalue weighted by Gasteiger charge is 2.06. The molecule has 1 aromatic heterocycles. The third-order valence-electron chi connectivity index (χ3n) is 3.16. The van der Waals surface area contributed by atoms with Crippen molar-refractivity contribution >= 4 is 11.3 Å². The molecule has 0 amide bonds. The number of aliphatic hydroxyl groups excluding tert-OH is 1. The molecule has 5 heteroatoms. The van der Waals surface area contributed by atoms with E-state index in [1.54, 1.807) is 18.4 Å². The molecule has 114 valence electrons. The summed E-state index contributed by atoms with van der Waals surface area (Å²) in [6.45, 7) is 4.03. The molecular weight excluding hydrogens is 286 g/mol. The fourth-order valence-electron chi connectivity index (χ4n) is 2.00. The number of benzene rings is 1. The van der Waals surface area contributed by atoms with Crippen LogP contribution in [0.1, 0.15) is 16.0 Å². The van der Waals surface area contributed by atoms with Gasteiger partial charge in [-0.25, -0.2) is 0 Å². The molecule has 0 radical (unpaired) electrons. The van der Waals surface area contributed by atoms with Crippen LogP contribution >= 0.6 is 11.3 Å². The lowest BCUT2D eigenvalue weighted by atomic mass is 10.2. The lowest BCUT2D eigenvalue weighted by Crippen LogP contribution is -2.12. The van der Waals surface area contributed by atoms with Gasteiger partial charge in [-0.15, -0.1) is 11.3 Å². The zero-order chi connectivity index (χ0) is 15.1. The molecule has 2 aromatic rings. The summed E-state index contributed by atoms with van der Waals surface area (Å²) in [5.74, 6) is 1.35. The predicted molar refractivity (Wildman–Crippen MR) is 85.2 cm³/mol. The van der Waals surface area contributed by atoms with Crippen LogP contribution in [0.2, 0.25) is 0 Å². The normalized spacial score (nSPS) is 10.6. The molecule has 0 aliphatic rings. The summed E-state index contributed by atoms with van der Waals surface area (Å²) in [6, 6.07) is 7.98. The maximum atomic E-state index is 8.80. The molecule has 0 saturated heterocycles. The molecule has 1 heterocycles. The van der Waals surface area contributed by atoms with Crippen LogP contribution in [0.15, 0.2) is 29.6 Å². The van der Waals surface area contributed by atoms with Crippen molar-refractivity contribution in [1.29, 1.82) is 0 Å². The highest BCUT2D eigenvalue weighted by molar-refractivity contribution is 7.10. The van der Waals surface area contributed by atoms with Gasteiger partial charge in [0.1, 0.15) is 6.61 Å². The molecule has 2 rings (SSSR count). The van der Waals surface area contributed by atoms with E-state index >= 15 is 0 Å². The molecule has 0 unspecified atom stereocenters. The summed E-state index contributed by atoms with van der Waals surface area (Å²) in [7, 11) is 1.62. The number of ether oxygens (including phenoxy) is 2. The van der Waals surface area contributed by atoms with Gasteiger partial charge in [-0.3, -0.25) is 0 Å². The molecule has 0 spiro atoms. The van der Waals surface area contributed by atoms with E-state index in [2.05, 4.69) is 23.7 Å². The molecule has 0 aliphatic carbocycles. The zero-order valence-electron chi connectivity index (χ0n) is 12.4. The summed E-state index contributed by atoms with van der Waals surface area (Å²) in [5.41, 5.74) is 2.47. The summed E-state index contributed by atoms with van der Waals surface area (Å²) < 4.78 is 10.7. The van der Waals surface area contributed by atoms with Crippen molar-refractivity contribution in [3.63, 3.8) is 0 Å². The fourth-order valence-corrected chi connectivity index (χ4v) is 2.88. The lowest BCUT2D eigenvalue weighted by Gasteiger charge is -2.12. The second-order valence-electron chi connectivity index (χ2n) is 4.69. The van der Waals surface area contributed by atoms with Crippen molar-refractivity contribution in [2.75, 3.05) is 20.3 Å². The first kappa shape index (κ1) is 15.8.